The van der Waals surface area contributed by atoms with Gasteiger partial charge in [-0.1, -0.05) is 109 Å². The lowest BCUT2D eigenvalue weighted by molar-refractivity contribution is 0.669. The van der Waals surface area contributed by atoms with Crippen molar-refractivity contribution in [2.75, 3.05) is 5.32 Å². The van der Waals surface area contributed by atoms with Crippen molar-refractivity contribution in [1.29, 1.82) is 0 Å². The Morgan fingerprint density at radius 2 is 1.26 bits per heavy atom. The van der Waals surface area contributed by atoms with Crippen LogP contribution < -0.4 is 5.32 Å². The fraction of sp³-hybridized carbons (Fsp3) is 0.0238. The Morgan fingerprint density at radius 3 is 2.07 bits per heavy atom. The molecule has 0 fully saturated rings. The summed E-state index contributed by atoms with van der Waals surface area (Å²) < 4.78 is 6.10. The lowest BCUT2D eigenvalue weighted by atomic mass is 9.67. The third-order valence-electron chi connectivity index (χ3n) is 9.59. The molecule has 10 rings (SSSR count). The maximum atomic E-state index is 6.10. The van der Waals surface area contributed by atoms with Crippen molar-refractivity contribution >= 4 is 45.1 Å². The van der Waals surface area contributed by atoms with Gasteiger partial charge in [-0.15, -0.1) is 0 Å². The highest BCUT2D eigenvalue weighted by molar-refractivity contribution is 7.99. The lowest BCUT2D eigenvalue weighted by Gasteiger charge is -2.39. The molecule has 0 radical (unpaired) electrons. The summed E-state index contributed by atoms with van der Waals surface area (Å²) in [5.74, 6) is 0. The third-order valence-corrected chi connectivity index (χ3v) is 10.7. The van der Waals surface area contributed by atoms with E-state index in [-0.39, 0.29) is 0 Å². The predicted octanol–water partition coefficient (Wildman–Crippen LogP) is 11.2. The summed E-state index contributed by atoms with van der Waals surface area (Å²) >= 11 is 1.86. The Labute approximate surface area is 270 Å². The molecule has 2 aromatic heterocycles. The maximum Gasteiger partial charge on any atom is 0.137 e. The molecule has 1 N–H and O–H groups in total. The Morgan fingerprint density at radius 1 is 0.565 bits per heavy atom. The van der Waals surface area contributed by atoms with Crippen LogP contribution in [0.3, 0.4) is 0 Å². The van der Waals surface area contributed by atoms with E-state index in [9.17, 15) is 0 Å². The number of para-hydroxylation sites is 1. The molecule has 0 unspecified atom stereocenters. The van der Waals surface area contributed by atoms with Crippen LogP contribution in [0.15, 0.2) is 166 Å². The molecular weight excluding hydrogens is 581 g/mol. The standard InChI is InChI=1S/C42H26N2OS/c1-4-13-31-28(10-1)29-11-2-5-14-32(29)42(31)33-15-6-8-19-39(33)46-40-23-20-26(24-34(40)42)35-22-21-27(25-43-35)44-36-16-9-18-38-41(36)30-12-3-7-17-37(30)45-38/h1-25,44H. The molecule has 1 aliphatic carbocycles. The van der Waals surface area contributed by atoms with Gasteiger partial charge in [-0.25, -0.2) is 0 Å². The van der Waals surface area contributed by atoms with Crippen LogP contribution in [0.25, 0.3) is 44.3 Å². The minimum atomic E-state index is -0.395. The summed E-state index contributed by atoms with van der Waals surface area (Å²) in [5.41, 5.74) is 13.3. The minimum Gasteiger partial charge on any atom is -0.456 e. The van der Waals surface area contributed by atoms with E-state index in [4.69, 9.17) is 9.40 Å². The van der Waals surface area contributed by atoms with Crippen molar-refractivity contribution in [2.45, 2.75) is 15.2 Å². The number of nitrogens with zero attached hydrogens (tertiary/aromatic N) is 1. The molecule has 1 aliphatic heterocycles. The molecule has 8 aromatic rings. The van der Waals surface area contributed by atoms with Crippen LogP contribution in [0.4, 0.5) is 11.4 Å². The first kappa shape index (κ1) is 25.7. The highest BCUT2D eigenvalue weighted by atomic mass is 32.2. The van der Waals surface area contributed by atoms with Crippen LogP contribution in [-0.2, 0) is 5.41 Å². The first-order chi connectivity index (χ1) is 22.8. The van der Waals surface area contributed by atoms with Crippen LogP contribution in [0.5, 0.6) is 0 Å². The molecule has 3 heterocycles. The summed E-state index contributed by atoms with van der Waals surface area (Å²) in [6.07, 6.45) is 1.93. The molecule has 0 amide bonds. The number of hydrogen-bond acceptors (Lipinski definition) is 4. The fourth-order valence-corrected chi connectivity index (χ4v) is 8.86. The van der Waals surface area contributed by atoms with Crippen molar-refractivity contribution in [3.05, 3.63) is 174 Å². The van der Waals surface area contributed by atoms with E-state index in [0.717, 1.165) is 44.6 Å². The number of aromatic nitrogens is 1. The summed E-state index contributed by atoms with van der Waals surface area (Å²) in [4.78, 5) is 7.57. The Bertz CT molecular complexity index is 2450. The average molecular weight is 607 g/mol. The van der Waals surface area contributed by atoms with Gasteiger partial charge in [0.1, 0.15) is 11.2 Å². The summed E-state index contributed by atoms with van der Waals surface area (Å²) in [7, 11) is 0. The summed E-state index contributed by atoms with van der Waals surface area (Å²) in [6.45, 7) is 0. The lowest BCUT2D eigenvalue weighted by Crippen LogP contribution is -2.32. The highest BCUT2D eigenvalue weighted by Gasteiger charge is 2.50. The van der Waals surface area contributed by atoms with E-state index in [2.05, 4.69) is 121 Å². The summed E-state index contributed by atoms with van der Waals surface area (Å²) in [5, 5.41) is 5.78. The van der Waals surface area contributed by atoms with E-state index in [1.165, 1.54) is 43.2 Å². The van der Waals surface area contributed by atoms with Gasteiger partial charge in [0.05, 0.1) is 34.1 Å². The fourth-order valence-electron chi connectivity index (χ4n) is 7.69. The first-order valence-electron chi connectivity index (χ1n) is 15.5. The van der Waals surface area contributed by atoms with Crippen LogP contribution in [0.2, 0.25) is 0 Å². The number of hydrogen-bond donors (Lipinski definition) is 1. The first-order valence-corrected chi connectivity index (χ1v) is 16.4. The average Bonchev–Trinajstić information content (AvgIpc) is 3.64. The van der Waals surface area contributed by atoms with E-state index in [0.29, 0.717) is 0 Å². The SMILES string of the molecule is c1ccc2c(c1)Sc1ccc(-c3ccc(Nc4cccc5oc6ccccc6c45)cn3)cc1C21c2ccccc2-c2ccccc21. The highest BCUT2D eigenvalue weighted by Crippen LogP contribution is 2.62. The van der Waals surface area contributed by atoms with Crippen molar-refractivity contribution < 1.29 is 4.42 Å². The molecular formula is C42H26N2OS. The monoisotopic (exact) mass is 606 g/mol. The number of fused-ring (bicyclic) bond motifs is 12. The minimum absolute atomic E-state index is 0.395. The molecule has 1 spiro atoms. The summed E-state index contributed by atoms with van der Waals surface area (Å²) in [6, 6.07) is 52.2. The van der Waals surface area contributed by atoms with Gasteiger partial charge in [0, 0.05) is 20.7 Å². The van der Waals surface area contributed by atoms with Crippen molar-refractivity contribution in [1.82, 2.24) is 4.98 Å². The number of anilines is 2. The number of furan rings is 1. The molecule has 0 atom stereocenters. The molecule has 2 aliphatic rings. The van der Waals surface area contributed by atoms with Gasteiger partial charge in [-0.05, 0) is 81.9 Å². The van der Waals surface area contributed by atoms with E-state index >= 15 is 0 Å². The number of pyridine rings is 1. The normalized spacial score (nSPS) is 13.7. The van der Waals surface area contributed by atoms with E-state index in [1.54, 1.807) is 0 Å². The Kier molecular flexibility index (Phi) is 5.43. The second-order valence-corrected chi connectivity index (χ2v) is 13.1. The molecule has 216 valence electrons. The van der Waals surface area contributed by atoms with Crippen molar-refractivity contribution in [3.8, 4) is 22.4 Å². The number of nitrogens with one attached hydrogen (secondary N) is 1. The zero-order chi connectivity index (χ0) is 30.2. The van der Waals surface area contributed by atoms with Gasteiger partial charge < -0.3 is 9.73 Å². The number of benzene rings is 6. The molecule has 6 aromatic carbocycles. The van der Waals surface area contributed by atoms with Gasteiger partial charge in [0.25, 0.3) is 0 Å². The second-order valence-electron chi connectivity index (χ2n) is 12.0. The zero-order valence-electron chi connectivity index (χ0n) is 24.7. The largest absolute Gasteiger partial charge is 0.456 e. The number of rotatable bonds is 3. The Balaban J connectivity index is 1.09. The van der Waals surface area contributed by atoms with Crippen LogP contribution in [0.1, 0.15) is 22.3 Å². The molecule has 0 saturated carbocycles. The quantitative estimate of drug-likeness (QED) is 0.217. The van der Waals surface area contributed by atoms with Gasteiger partial charge in [-0.2, -0.15) is 0 Å². The molecule has 0 saturated heterocycles. The van der Waals surface area contributed by atoms with Gasteiger partial charge in [0.15, 0.2) is 0 Å². The van der Waals surface area contributed by atoms with Gasteiger partial charge in [-0.3, -0.25) is 4.98 Å². The van der Waals surface area contributed by atoms with Crippen LogP contribution in [0, 0.1) is 0 Å². The maximum absolute atomic E-state index is 6.10. The second kappa shape index (κ2) is 9.71. The van der Waals surface area contributed by atoms with E-state index < -0.39 is 5.41 Å². The van der Waals surface area contributed by atoms with Gasteiger partial charge in [0.2, 0.25) is 0 Å². The molecule has 4 heteroatoms. The van der Waals surface area contributed by atoms with E-state index in [1.807, 2.05) is 48.3 Å². The molecule has 0 bridgehead atoms. The zero-order valence-corrected chi connectivity index (χ0v) is 25.5. The third kappa shape index (κ3) is 3.53. The Hall–Kier alpha value is -5.58. The van der Waals surface area contributed by atoms with Crippen LogP contribution in [-0.4, -0.2) is 4.98 Å². The molecule has 3 nitrogen and oxygen atoms in total. The smallest absolute Gasteiger partial charge is 0.137 e. The van der Waals surface area contributed by atoms with Gasteiger partial charge >= 0.3 is 0 Å². The topological polar surface area (TPSA) is 38.1 Å². The predicted molar refractivity (Wildman–Crippen MR) is 188 cm³/mol. The van der Waals surface area contributed by atoms with Crippen molar-refractivity contribution in [3.63, 3.8) is 0 Å². The van der Waals surface area contributed by atoms with Crippen molar-refractivity contribution in [2.24, 2.45) is 0 Å². The van der Waals surface area contributed by atoms with Crippen LogP contribution >= 0.6 is 11.8 Å². The molecule has 46 heavy (non-hydrogen) atoms.